The number of hydrogen-bond donors (Lipinski definition) is 1. The van der Waals surface area contributed by atoms with E-state index in [-0.39, 0.29) is 0 Å². The Balaban J connectivity index is 3.14. The fraction of sp³-hybridized carbons (Fsp3) is 0.800. The Kier molecular flexibility index (Phi) is 7.29. The van der Waals surface area contributed by atoms with Crippen molar-refractivity contribution in [2.24, 2.45) is 0 Å². The molecule has 0 saturated carbocycles. The van der Waals surface area contributed by atoms with Crippen LogP contribution in [0.25, 0.3) is 0 Å². The summed E-state index contributed by atoms with van der Waals surface area (Å²) < 4.78 is 0. The van der Waals surface area contributed by atoms with Crippen molar-refractivity contribution >= 4 is 0 Å². The average Bonchev–Trinajstić information content (AvgIpc) is 1.99. The van der Waals surface area contributed by atoms with Gasteiger partial charge in [-0.15, -0.1) is 11.8 Å². The molecule has 0 aliphatic carbocycles. The molecule has 0 saturated heterocycles. The predicted octanol–water partition coefficient (Wildman–Crippen LogP) is 2.18. The molecule has 1 heteroatoms. The van der Waals surface area contributed by atoms with E-state index in [1.807, 2.05) is 6.92 Å². The first kappa shape index (κ1) is 10.5. The molecule has 0 aliphatic heterocycles. The number of hydrogen-bond acceptors (Lipinski definition) is 1. The summed E-state index contributed by atoms with van der Waals surface area (Å²) in [5.74, 6) is 5.92. The summed E-state index contributed by atoms with van der Waals surface area (Å²) in [6, 6.07) is 0.652. The molecule has 1 nitrogen and oxygen atoms in total. The summed E-state index contributed by atoms with van der Waals surface area (Å²) >= 11 is 0. The van der Waals surface area contributed by atoms with Gasteiger partial charge in [-0.05, 0) is 20.3 Å². The van der Waals surface area contributed by atoms with Crippen molar-refractivity contribution in [3.8, 4) is 11.8 Å². The van der Waals surface area contributed by atoms with E-state index >= 15 is 0 Å². The molecular formula is C10H19N. The largest absolute Gasteiger partial charge is 0.313 e. The molecule has 1 N–H and O–H groups in total. The van der Waals surface area contributed by atoms with Gasteiger partial charge >= 0.3 is 0 Å². The van der Waals surface area contributed by atoms with Gasteiger partial charge in [0.25, 0.3) is 0 Å². The van der Waals surface area contributed by atoms with Gasteiger partial charge in [-0.3, -0.25) is 0 Å². The smallest absolute Gasteiger partial charge is 0.0214 e. The normalized spacial score (nSPS) is 11.9. The van der Waals surface area contributed by atoms with Crippen LogP contribution in [0.15, 0.2) is 0 Å². The lowest BCUT2D eigenvalue weighted by molar-refractivity contribution is 0.516. The second-order valence-corrected chi connectivity index (χ2v) is 2.82. The molecule has 0 heterocycles. The second kappa shape index (κ2) is 7.63. The van der Waals surface area contributed by atoms with E-state index < -0.39 is 0 Å². The highest BCUT2D eigenvalue weighted by Gasteiger charge is 1.96. The molecule has 64 valence electrons. The molecule has 0 aliphatic rings. The highest BCUT2D eigenvalue weighted by Crippen LogP contribution is 1.93. The van der Waals surface area contributed by atoms with Crippen LogP contribution in [-0.2, 0) is 0 Å². The van der Waals surface area contributed by atoms with Crippen LogP contribution in [0.2, 0.25) is 0 Å². The zero-order valence-electron chi connectivity index (χ0n) is 7.91. The van der Waals surface area contributed by atoms with Gasteiger partial charge in [0.2, 0.25) is 0 Å². The fourth-order valence-corrected chi connectivity index (χ4v) is 1.04. The SMILES string of the molecule is CC#CCCNC(C)CCC. The maximum Gasteiger partial charge on any atom is 0.0214 e. The van der Waals surface area contributed by atoms with Gasteiger partial charge in [0, 0.05) is 19.0 Å². The molecule has 0 bridgehead atoms. The lowest BCUT2D eigenvalue weighted by atomic mass is 10.2. The van der Waals surface area contributed by atoms with Gasteiger partial charge in [-0.2, -0.15) is 0 Å². The van der Waals surface area contributed by atoms with Crippen LogP contribution in [0.3, 0.4) is 0 Å². The molecule has 1 atom stereocenters. The lowest BCUT2D eigenvalue weighted by Gasteiger charge is -2.10. The Bertz CT molecular complexity index is 130. The first-order chi connectivity index (χ1) is 5.31. The van der Waals surface area contributed by atoms with Crippen molar-refractivity contribution in [3.63, 3.8) is 0 Å². The van der Waals surface area contributed by atoms with E-state index in [4.69, 9.17) is 0 Å². The molecule has 0 spiro atoms. The molecule has 0 fully saturated rings. The molecule has 11 heavy (non-hydrogen) atoms. The van der Waals surface area contributed by atoms with Crippen molar-refractivity contribution in [1.29, 1.82) is 0 Å². The van der Waals surface area contributed by atoms with Crippen molar-refractivity contribution in [3.05, 3.63) is 0 Å². The van der Waals surface area contributed by atoms with E-state index in [1.165, 1.54) is 12.8 Å². The monoisotopic (exact) mass is 153 g/mol. The van der Waals surface area contributed by atoms with Gasteiger partial charge < -0.3 is 5.32 Å². The number of nitrogens with one attached hydrogen (secondary N) is 1. The van der Waals surface area contributed by atoms with E-state index in [9.17, 15) is 0 Å². The minimum absolute atomic E-state index is 0.652. The average molecular weight is 153 g/mol. The zero-order valence-corrected chi connectivity index (χ0v) is 7.91. The van der Waals surface area contributed by atoms with Crippen molar-refractivity contribution in [2.75, 3.05) is 6.54 Å². The highest BCUT2D eigenvalue weighted by atomic mass is 14.9. The summed E-state index contributed by atoms with van der Waals surface area (Å²) in [6.07, 6.45) is 3.50. The van der Waals surface area contributed by atoms with Crippen LogP contribution >= 0.6 is 0 Å². The predicted molar refractivity (Wildman–Crippen MR) is 50.4 cm³/mol. The van der Waals surface area contributed by atoms with Gasteiger partial charge in [-0.1, -0.05) is 13.3 Å². The van der Waals surface area contributed by atoms with Crippen molar-refractivity contribution < 1.29 is 0 Å². The molecule has 0 radical (unpaired) electrons. The summed E-state index contributed by atoms with van der Waals surface area (Å²) in [5.41, 5.74) is 0. The molecular weight excluding hydrogens is 134 g/mol. The zero-order chi connectivity index (χ0) is 8.53. The summed E-state index contributed by atoms with van der Waals surface area (Å²) in [6.45, 7) is 7.35. The third-order valence-electron chi connectivity index (χ3n) is 1.64. The molecule has 0 aromatic rings. The van der Waals surface area contributed by atoms with Crippen molar-refractivity contribution in [2.45, 2.75) is 46.1 Å². The topological polar surface area (TPSA) is 12.0 Å². The summed E-state index contributed by atoms with van der Waals surface area (Å²) in [5, 5.41) is 3.42. The minimum atomic E-state index is 0.652. The molecule has 0 aromatic heterocycles. The highest BCUT2D eigenvalue weighted by molar-refractivity contribution is 4.95. The van der Waals surface area contributed by atoms with Gasteiger partial charge in [0.1, 0.15) is 0 Å². The van der Waals surface area contributed by atoms with Crippen LogP contribution in [0.4, 0.5) is 0 Å². The van der Waals surface area contributed by atoms with Crippen LogP contribution < -0.4 is 5.32 Å². The Morgan fingerprint density at radius 1 is 1.45 bits per heavy atom. The van der Waals surface area contributed by atoms with Crippen LogP contribution in [-0.4, -0.2) is 12.6 Å². The Hall–Kier alpha value is -0.480. The third kappa shape index (κ3) is 7.42. The standard InChI is InChI=1S/C10H19N/c1-4-6-7-9-11-10(3)8-5-2/h10-11H,5,7-9H2,1-3H3. The first-order valence-corrected chi connectivity index (χ1v) is 4.44. The van der Waals surface area contributed by atoms with Gasteiger partial charge in [0.15, 0.2) is 0 Å². The molecule has 0 rings (SSSR count). The van der Waals surface area contributed by atoms with Gasteiger partial charge in [0.05, 0.1) is 0 Å². The first-order valence-electron chi connectivity index (χ1n) is 4.44. The van der Waals surface area contributed by atoms with E-state index in [1.54, 1.807) is 0 Å². The fourth-order valence-electron chi connectivity index (χ4n) is 1.04. The third-order valence-corrected chi connectivity index (χ3v) is 1.64. The lowest BCUT2D eigenvalue weighted by Crippen LogP contribution is -2.26. The van der Waals surface area contributed by atoms with Crippen LogP contribution in [0.1, 0.15) is 40.0 Å². The second-order valence-electron chi connectivity index (χ2n) is 2.82. The van der Waals surface area contributed by atoms with Crippen LogP contribution in [0, 0.1) is 11.8 Å². The quantitative estimate of drug-likeness (QED) is 0.471. The minimum Gasteiger partial charge on any atom is -0.313 e. The Morgan fingerprint density at radius 3 is 2.73 bits per heavy atom. The van der Waals surface area contributed by atoms with E-state index in [0.717, 1.165) is 13.0 Å². The molecule has 0 aromatic carbocycles. The molecule has 0 amide bonds. The van der Waals surface area contributed by atoms with E-state index in [0.29, 0.717) is 6.04 Å². The maximum absolute atomic E-state index is 3.42. The number of rotatable bonds is 5. The van der Waals surface area contributed by atoms with Crippen molar-refractivity contribution in [1.82, 2.24) is 5.32 Å². The summed E-state index contributed by atoms with van der Waals surface area (Å²) in [4.78, 5) is 0. The summed E-state index contributed by atoms with van der Waals surface area (Å²) in [7, 11) is 0. The molecule has 1 unspecified atom stereocenters. The Labute approximate surface area is 70.6 Å². The van der Waals surface area contributed by atoms with E-state index in [2.05, 4.69) is 31.0 Å². The Morgan fingerprint density at radius 2 is 2.18 bits per heavy atom. The maximum atomic E-state index is 3.42. The van der Waals surface area contributed by atoms with Crippen LogP contribution in [0.5, 0.6) is 0 Å². The van der Waals surface area contributed by atoms with Gasteiger partial charge in [-0.25, -0.2) is 0 Å².